The van der Waals surface area contributed by atoms with E-state index in [-0.39, 0.29) is 0 Å². The SMILES string of the molecule is [CH3][La]([CH3])[CH3]. The van der Waals surface area contributed by atoms with Gasteiger partial charge < -0.3 is 0 Å². The van der Waals surface area contributed by atoms with E-state index in [9.17, 15) is 0 Å². The molecule has 0 amide bonds. The maximum absolute atomic E-state index is 2.39. The monoisotopic (exact) mass is 184 g/mol. The molecule has 0 rings (SSSR count). The van der Waals surface area contributed by atoms with Crippen LogP contribution in [0, 0.1) is 30.0 Å². The Balaban J connectivity index is 2.32. The van der Waals surface area contributed by atoms with Crippen LogP contribution in [0.1, 0.15) is 0 Å². The Hall–Kier alpha value is 1.19. The van der Waals surface area contributed by atoms with Gasteiger partial charge in [-0.05, 0) is 0 Å². The van der Waals surface area contributed by atoms with Crippen LogP contribution in [0.5, 0.6) is 0 Å². The molecule has 0 fully saturated rings. The van der Waals surface area contributed by atoms with Crippen LogP contribution in [0.25, 0.3) is 0 Å². The van der Waals surface area contributed by atoms with E-state index >= 15 is 0 Å². The predicted octanol–water partition coefficient (Wildman–Crippen LogP) is 1.75. The second kappa shape index (κ2) is 2.43. The van der Waals surface area contributed by atoms with Crippen LogP contribution in [-0.2, 0) is 0 Å². The van der Waals surface area contributed by atoms with Crippen LogP contribution in [0.2, 0.25) is 9.98 Å². The van der Waals surface area contributed by atoms with Gasteiger partial charge >= 0.3 is 40.0 Å². The van der Waals surface area contributed by atoms with Crippen LogP contribution in [0.15, 0.2) is 0 Å². The van der Waals surface area contributed by atoms with Crippen LogP contribution in [0.4, 0.5) is 0 Å². The molecule has 0 aromatic rings. The van der Waals surface area contributed by atoms with E-state index in [1.807, 2.05) is 0 Å². The summed E-state index contributed by atoms with van der Waals surface area (Å²) in [7, 11) is 0. The third kappa shape index (κ3) is 10.8. The summed E-state index contributed by atoms with van der Waals surface area (Å²) in [4.78, 5) is 0. The van der Waals surface area contributed by atoms with Crippen molar-refractivity contribution < 1.29 is 30.0 Å². The second-order valence-corrected chi connectivity index (χ2v) is 12.6. The van der Waals surface area contributed by atoms with Gasteiger partial charge in [0, 0.05) is 0 Å². The quantitative estimate of drug-likeness (QED) is 0.537. The minimum atomic E-state index is -0.722. The summed E-state index contributed by atoms with van der Waals surface area (Å²) in [5.74, 6) is 0. The zero-order valence-electron chi connectivity index (χ0n) is 3.58. The van der Waals surface area contributed by atoms with Gasteiger partial charge in [0.15, 0.2) is 0 Å². The average molecular weight is 184 g/mol. The number of hydrogen-bond acceptors (Lipinski definition) is 0. The van der Waals surface area contributed by atoms with Crippen LogP contribution in [-0.4, -0.2) is 0 Å². The summed E-state index contributed by atoms with van der Waals surface area (Å²) in [5, 5.41) is 0. The normalized spacial score (nSPS) is 6.75. The van der Waals surface area contributed by atoms with Gasteiger partial charge in [-0.1, -0.05) is 0 Å². The summed E-state index contributed by atoms with van der Waals surface area (Å²) < 4.78 is 7.17. The third-order valence-corrected chi connectivity index (χ3v) is 0. The molecule has 0 N–H and O–H groups in total. The van der Waals surface area contributed by atoms with E-state index in [4.69, 9.17) is 0 Å². The number of rotatable bonds is 0. The molecule has 0 aromatic carbocycles. The first kappa shape index (κ1) is 5.19. The molecule has 0 bridgehead atoms. The first-order valence-electron chi connectivity index (χ1n) is 1.73. The Morgan fingerprint density at radius 1 is 1.00 bits per heavy atom. The van der Waals surface area contributed by atoms with Crippen molar-refractivity contribution in [3.63, 3.8) is 0 Å². The van der Waals surface area contributed by atoms with E-state index in [0.29, 0.717) is 0 Å². The molecule has 0 aliphatic carbocycles. The van der Waals surface area contributed by atoms with Gasteiger partial charge in [-0.3, -0.25) is 0 Å². The Morgan fingerprint density at radius 2 is 1.00 bits per heavy atom. The van der Waals surface area contributed by atoms with E-state index < -0.39 is 30.0 Å². The Bertz CT molecular complexity index is 8.00. The summed E-state index contributed by atoms with van der Waals surface area (Å²) in [6.45, 7) is 0. The first-order chi connectivity index (χ1) is 1.73. The molecule has 0 aliphatic heterocycles. The molecule has 0 atom stereocenters. The summed E-state index contributed by atoms with van der Waals surface area (Å²) >= 11 is -0.722. The molecule has 0 aromatic heterocycles. The van der Waals surface area contributed by atoms with Gasteiger partial charge in [-0.15, -0.1) is 0 Å². The van der Waals surface area contributed by atoms with Crippen molar-refractivity contribution in [2.24, 2.45) is 0 Å². The van der Waals surface area contributed by atoms with Gasteiger partial charge in [-0.25, -0.2) is 0 Å². The average Bonchev–Trinajstić information content (AvgIpc) is 0.811. The molecule has 0 saturated carbocycles. The van der Waals surface area contributed by atoms with Crippen LogP contribution in [0.3, 0.4) is 0 Å². The minimum absolute atomic E-state index is 0.722. The van der Waals surface area contributed by atoms with Gasteiger partial charge in [0.2, 0.25) is 0 Å². The van der Waals surface area contributed by atoms with Crippen molar-refractivity contribution in [3.05, 3.63) is 0 Å². The molecule has 0 unspecified atom stereocenters. The molecular formula is C3H9La. The summed E-state index contributed by atoms with van der Waals surface area (Å²) in [6.07, 6.45) is 0. The molecule has 0 radical (unpaired) electrons. The van der Waals surface area contributed by atoms with Gasteiger partial charge in [-0.2, -0.15) is 0 Å². The van der Waals surface area contributed by atoms with E-state index in [2.05, 4.69) is 9.98 Å². The third-order valence-electron chi connectivity index (χ3n) is 0. The Morgan fingerprint density at radius 3 is 1.00 bits per heavy atom. The fourth-order valence-electron chi connectivity index (χ4n) is 0. The van der Waals surface area contributed by atoms with Gasteiger partial charge in [0.05, 0.1) is 0 Å². The van der Waals surface area contributed by atoms with E-state index in [1.165, 1.54) is 0 Å². The molecule has 4 heavy (non-hydrogen) atoms. The molecule has 0 nitrogen and oxygen atoms in total. The molecule has 0 saturated heterocycles. The van der Waals surface area contributed by atoms with Crippen molar-refractivity contribution in [1.29, 1.82) is 0 Å². The zero-order valence-corrected chi connectivity index (χ0v) is 7.20. The zero-order chi connectivity index (χ0) is 3.58. The molecule has 1 heteroatoms. The Labute approximate surface area is 39.7 Å². The van der Waals surface area contributed by atoms with Crippen molar-refractivity contribution in [1.82, 2.24) is 0 Å². The summed E-state index contributed by atoms with van der Waals surface area (Å²) in [5.41, 5.74) is 0. The second-order valence-electron chi connectivity index (χ2n) is 1.73. The molecule has 0 aliphatic rings. The van der Waals surface area contributed by atoms with E-state index in [1.54, 1.807) is 0 Å². The van der Waals surface area contributed by atoms with Crippen molar-refractivity contribution in [2.75, 3.05) is 0 Å². The molecule has 24 valence electrons. The van der Waals surface area contributed by atoms with Gasteiger partial charge in [0.25, 0.3) is 0 Å². The molecule has 0 spiro atoms. The van der Waals surface area contributed by atoms with E-state index in [0.717, 1.165) is 0 Å². The molecule has 0 heterocycles. The maximum atomic E-state index is 2.39. The summed E-state index contributed by atoms with van der Waals surface area (Å²) in [6, 6.07) is 0. The first-order valence-corrected chi connectivity index (χ1v) is 12.6. The van der Waals surface area contributed by atoms with Crippen LogP contribution < -0.4 is 0 Å². The van der Waals surface area contributed by atoms with Gasteiger partial charge in [0.1, 0.15) is 0 Å². The molecular weight excluding hydrogens is 175 g/mol. The standard InChI is InChI=1S/3CH3.La/h3*1H3;. The topological polar surface area (TPSA) is 0 Å². The predicted molar refractivity (Wildman–Crippen MR) is 17.6 cm³/mol. The van der Waals surface area contributed by atoms with Crippen molar-refractivity contribution in [2.45, 2.75) is 9.98 Å². The number of hydrogen-bond donors (Lipinski definition) is 0. The fraction of sp³-hybridized carbons (Fsp3) is 1.00. The Kier molecular flexibility index (Phi) is 3.16. The van der Waals surface area contributed by atoms with Crippen molar-refractivity contribution >= 4 is 0 Å². The van der Waals surface area contributed by atoms with Crippen molar-refractivity contribution in [3.8, 4) is 0 Å². The fourth-order valence-corrected chi connectivity index (χ4v) is 0. The van der Waals surface area contributed by atoms with Crippen LogP contribution >= 0.6 is 0 Å².